The van der Waals surface area contributed by atoms with Gasteiger partial charge in [-0.1, -0.05) is 110 Å². The Hall–Kier alpha value is -0.0400. The van der Waals surface area contributed by atoms with Crippen molar-refractivity contribution in [1.82, 2.24) is 0 Å². The normalized spacial score (nSPS) is 12.0. The van der Waals surface area contributed by atoms with Crippen molar-refractivity contribution in [3.8, 4) is 0 Å². The fourth-order valence-electron chi connectivity index (χ4n) is 3.10. The van der Waals surface area contributed by atoms with E-state index < -0.39 is 5.60 Å². The zero-order chi connectivity index (χ0) is 16.5. The molecule has 1 nitrogen and oxygen atoms in total. The summed E-state index contributed by atoms with van der Waals surface area (Å²) in [6.07, 6.45) is 23.1. The van der Waals surface area contributed by atoms with E-state index in [9.17, 15) is 5.11 Å². The predicted molar refractivity (Wildman–Crippen MR) is 98.9 cm³/mol. The molecular weight excluding hydrogens is 268 g/mol. The molecule has 0 N–H and O–H groups in total. The molecule has 0 bridgehead atoms. The topological polar surface area (TPSA) is 19.9 Å². The molecule has 0 saturated carbocycles. The highest BCUT2D eigenvalue weighted by molar-refractivity contribution is 4.63. The van der Waals surface area contributed by atoms with Gasteiger partial charge in [0.2, 0.25) is 0 Å². The summed E-state index contributed by atoms with van der Waals surface area (Å²) in [5.74, 6) is 0. The zero-order valence-electron chi connectivity index (χ0n) is 15.9. The first-order valence-electron chi connectivity index (χ1n) is 10.3. The van der Waals surface area contributed by atoms with Gasteiger partial charge in [-0.25, -0.2) is 5.11 Å². The Morgan fingerprint density at radius 2 is 0.773 bits per heavy atom. The molecule has 0 aliphatic heterocycles. The first kappa shape index (κ1) is 22.0. The molecule has 0 heterocycles. The third kappa shape index (κ3) is 20.0. The lowest BCUT2D eigenvalue weighted by Gasteiger charge is -2.13. The lowest BCUT2D eigenvalue weighted by Crippen LogP contribution is -2.15. The van der Waals surface area contributed by atoms with E-state index in [0.29, 0.717) is 0 Å². The Balaban J connectivity index is 3.00. The molecular formula is C21H43O. The van der Waals surface area contributed by atoms with E-state index in [1.807, 2.05) is 0 Å². The third-order valence-electron chi connectivity index (χ3n) is 4.63. The Bertz CT molecular complexity index is 204. The molecule has 0 amide bonds. The van der Waals surface area contributed by atoms with E-state index in [1.54, 1.807) is 13.8 Å². The highest BCUT2D eigenvalue weighted by Gasteiger charge is 2.13. The molecule has 0 saturated heterocycles. The summed E-state index contributed by atoms with van der Waals surface area (Å²) in [4.78, 5) is 0. The first-order chi connectivity index (χ1) is 10.6. The lowest BCUT2D eigenvalue weighted by molar-refractivity contribution is -0.00511. The second kappa shape index (κ2) is 15.8. The summed E-state index contributed by atoms with van der Waals surface area (Å²) in [5.41, 5.74) is -0.712. The molecule has 0 rings (SSSR count). The van der Waals surface area contributed by atoms with Crippen molar-refractivity contribution in [1.29, 1.82) is 0 Å². The maximum absolute atomic E-state index is 11.5. The minimum absolute atomic E-state index is 0.712. The van der Waals surface area contributed by atoms with Gasteiger partial charge in [0.1, 0.15) is 0 Å². The molecule has 22 heavy (non-hydrogen) atoms. The van der Waals surface area contributed by atoms with Crippen LogP contribution in [-0.4, -0.2) is 5.60 Å². The Labute approximate surface area is 141 Å². The molecule has 0 aromatic rings. The highest BCUT2D eigenvalue weighted by Crippen LogP contribution is 2.16. The maximum Gasteiger partial charge on any atom is 0.0980 e. The van der Waals surface area contributed by atoms with E-state index in [1.165, 1.54) is 96.3 Å². The highest BCUT2D eigenvalue weighted by atomic mass is 16.3. The van der Waals surface area contributed by atoms with Crippen molar-refractivity contribution in [2.45, 2.75) is 136 Å². The summed E-state index contributed by atoms with van der Waals surface area (Å²) in [6, 6.07) is 0. The average molecular weight is 312 g/mol. The van der Waals surface area contributed by atoms with Gasteiger partial charge in [0.25, 0.3) is 0 Å². The van der Waals surface area contributed by atoms with Gasteiger partial charge in [-0.3, -0.25) is 0 Å². The van der Waals surface area contributed by atoms with Crippen LogP contribution in [0.25, 0.3) is 0 Å². The summed E-state index contributed by atoms with van der Waals surface area (Å²) in [5, 5.41) is 11.5. The number of hydrogen-bond donors (Lipinski definition) is 0. The predicted octanol–water partition coefficient (Wildman–Crippen LogP) is 7.85. The second-order valence-electron chi connectivity index (χ2n) is 7.81. The van der Waals surface area contributed by atoms with Crippen molar-refractivity contribution < 1.29 is 5.11 Å². The number of rotatable bonds is 17. The molecule has 1 heteroatoms. The fraction of sp³-hybridized carbons (Fsp3) is 1.00. The first-order valence-corrected chi connectivity index (χ1v) is 10.3. The van der Waals surface area contributed by atoms with Crippen LogP contribution in [0.5, 0.6) is 0 Å². The lowest BCUT2D eigenvalue weighted by atomic mass is 9.99. The van der Waals surface area contributed by atoms with Gasteiger partial charge in [0, 0.05) is 0 Å². The van der Waals surface area contributed by atoms with E-state index in [4.69, 9.17) is 0 Å². The second-order valence-corrected chi connectivity index (χ2v) is 7.81. The van der Waals surface area contributed by atoms with Gasteiger partial charge in [-0.2, -0.15) is 0 Å². The molecule has 1 radical (unpaired) electrons. The molecule has 0 aromatic heterocycles. The van der Waals surface area contributed by atoms with Gasteiger partial charge in [-0.05, 0) is 20.3 Å². The molecule has 0 spiro atoms. The van der Waals surface area contributed by atoms with Gasteiger partial charge in [0.15, 0.2) is 0 Å². The fourth-order valence-corrected chi connectivity index (χ4v) is 3.10. The smallest absolute Gasteiger partial charge is 0.0980 e. The van der Waals surface area contributed by atoms with E-state index in [2.05, 4.69) is 6.92 Å². The molecule has 0 aliphatic carbocycles. The monoisotopic (exact) mass is 311 g/mol. The van der Waals surface area contributed by atoms with E-state index in [0.717, 1.165) is 12.8 Å². The molecule has 0 atom stereocenters. The SMILES string of the molecule is CCCCCCCCCCCCCCCCCCC(C)(C)[O]. The van der Waals surface area contributed by atoms with Gasteiger partial charge in [0.05, 0.1) is 5.60 Å². The summed E-state index contributed by atoms with van der Waals surface area (Å²) in [7, 11) is 0. The van der Waals surface area contributed by atoms with Crippen molar-refractivity contribution in [3.63, 3.8) is 0 Å². The minimum atomic E-state index is -0.712. The maximum atomic E-state index is 11.5. The van der Waals surface area contributed by atoms with Crippen LogP contribution >= 0.6 is 0 Å². The van der Waals surface area contributed by atoms with Crippen LogP contribution in [0.1, 0.15) is 130 Å². The quantitative estimate of drug-likeness (QED) is 0.244. The molecule has 0 aromatic carbocycles. The van der Waals surface area contributed by atoms with Crippen molar-refractivity contribution in [2.24, 2.45) is 0 Å². The molecule has 0 unspecified atom stereocenters. The van der Waals surface area contributed by atoms with Crippen LogP contribution in [0.3, 0.4) is 0 Å². The molecule has 0 aliphatic rings. The van der Waals surface area contributed by atoms with Gasteiger partial charge < -0.3 is 0 Å². The zero-order valence-corrected chi connectivity index (χ0v) is 15.9. The van der Waals surface area contributed by atoms with Crippen LogP contribution in [-0.2, 0) is 5.11 Å². The van der Waals surface area contributed by atoms with Crippen LogP contribution in [0.15, 0.2) is 0 Å². The van der Waals surface area contributed by atoms with Crippen LogP contribution in [0.4, 0.5) is 0 Å². The largest absolute Gasteiger partial charge is 0.230 e. The molecule has 133 valence electrons. The average Bonchev–Trinajstić information content (AvgIpc) is 2.45. The standard InChI is InChI=1S/C21H43O/c1-4-5-6-7-8-9-10-11-12-13-14-15-16-17-18-19-20-21(2,3)22/h4-20H2,1-3H3. The van der Waals surface area contributed by atoms with Crippen molar-refractivity contribution in [3.05, 3.63) is 0 Å². The summed E-state index contributed by atoms with van der Waals surface area (Å²) >= 11 is 0. The van der Waals surface area contributed by atoms with Gasteiger partial charge >= 0.3 is 0 Å². The Morgan fingerprint density at radius 3 is 1.05 bits per heavy atom. The summed E-state index contributed by atoms with van der Waals surface area (Å²) < 4.78 is 0. The summed E-state index contributed by atoms with van der Waals surface area (Å²) in [6.45, 7) is 5.89. The molecule has 0 fully saturated rings. The third-order valence-corrected chi connectivity index (χ3v) is 4.63. The van der Waals surface area contributed by atoms with E-state index in [-0.39, 0.29) is 0 Å². The van der Waals surface area contributed by atoms with Gasteiger partial charge in [-0.15, -0.1) is 0 Å². The minimum Gasteiger partial charge on any atom is -0.230 e. The Morgan fingerprint density at radius 1 is 0.500 bits per heavy atom. The Kier molecular flexibility index (Phi) is 15.8. The van der Waals surface area contributed by atoms with Crippen molar-refractivity contribution in [2.75, 3.05) is 0 Å². The van der Waals surface area contributed by atoms with Crippen LogP contribution in [0.2, 0.25) is 0 Å². The van der Waals surface area contributed by atoms with E-state index >= 15 is 0 Å². The number of hydrogen-bond acceptors (Lipinski definition) is 0. The van der Waals surface area contributed by atoms with Crippen LogP contribution in [0, 0.1) is 0 Å². The van der Waals surface area contributed by atoms with Crippen molar-refractivity contribution >= 4 is 0 Å². The number of unbranched alkanes of at least 4 members (excludes halogenated alkanes) is 15. The van der Waals surface area contributed by atoms with Crippen LogP contribution < -0.4 is 0 Å².